The molecular weight excluding hydrogens is 278 g/mol. The predicted octanol–water partition coefficient (Wildman–Crippen LogP) is 0.551. The van der Waals surface area contributed by atoms with Crippen molar-refractivity contribution in [3.8, 4) is 0 Å². The number of anilines is 1. The van der Waals surface area contributed by atoms with Crippen LogP contribution in [0.2, 0.25) is 0 Å². The molecule has 1 N–H and O–H groups in total. The van der Waals surface area contributed by atoms with E-state index in [4.69, 9.17) is 0 Å². The third-order valence-electron chi connectivity index (χ3n) is 3.17. The molecule has 0 radical (unpaired) electrons. The van der Waals surface area contributed by atoms with Gasteiger partial charge in [-0.2, -0.15) is 0 Å². The molecule has 0 atom stereocenters. The fraction of sp³-hybridized carbons (Fsp3) is 0.667. The molecule has 0 bridgehead atoms. The summed E-state index contributed by atoms with van der Waals surface area (Å²) >= 11 is 1.28. The van der Waals surface area contributed by atoms with Crippen molar-refractivity contribution in [1.82, 2.24) is 19.4 Å². The number of carbonyl (C=O) groups excluding carboxylic acids is 2. The van der Waals surface area contributed by atoms with E-state index in [1.807, 2.05) is 6.92 Å². The van der Waals surface area contributed by atoms with E-state index in [1.165, 1.54) is 11.5 Å². The molecule has 1 aliphatic rings. The summed E-state index contributed by atoms with van der Waals surface area (Å²) < 4.78 is 3.91. The topological polar surface area (TPSA) is 78.4 Å². The second-order valence-corrected chi connectivity index (χ2v) is 5.39. The molecule has 20 heavy (non-hydrogen) atoms. The lowest BCUT2D eigenvalue weighted by Gasteiger charge is -2.32. The minimum absolute atomic E-state index is 0.0154. The third kappa shape index (κ3) is 3.24. The number of carbonyl (C=O) groups is 2. The largest absolute Gasteiger partial charge is 0.374 e. The number of piperazine rings is 1. The predicted molar refractivity (Wildman–Crippen MR) is 76.4 cm³/mol. The maximum absolute atomic E-state index is 12.0. The molecule has 2 amide bonds. The van der Waals surface area contributed by atoms with Crippen molar-refractivity contribution in [2.45, 2.75) is 26.8 Å². The smallest absolute Gasteiger partial charge is 0.243 e. The van der Waals surface area contributed by atoms with Crippen LogP contribution in [0.4, 0.5) is 5.00 Å². The summed E-state index contributed by atoms with van der Waals surface area (Å²) in [6.45, 7) is 5.98. The monoisotopic (exact) mass is 297 g/mol. The molecule has 2 rings (SSSR count). The Morgan fingerprint density at radius 2 is 1.90 bits per heavy atom. The van der Waals surface area contributed by atoms with Crippen LogP contribution in [0.15, 0.2) is 0 Å². The molecule has 0 spiro atoms. The van der Waals surface area contributed by atoms with Gasteiger partial charge in [0.25, 0.3) is 0 Å². The molecule has 1 aliphatic heterocycles. The highest BCUT2D eigenvalue weighted by atomic mass is 32.1. The molecule has 7 nitrogen and oxygen atoms in total. The Bertz CT molecular complexity index is 490. The minimum Gasteiger partial charge on any atom is -0.374 e. The van der Waals surface area contributed by atoms with Gasteiger partial charge in [-0.25, -0.2) is 0 Å². The summed E-state index contributed by atoms with van der Waals surface area (Å²) in [4.78, 5) is 27.0. The van der Waals surface area contributed by atoms with Crippen LogP contribution in [-0.2, 0) is 16.1 Å². The maximum Gasteiger partial charge on any atom is 0.243 e. The van der Waals surface area contributed by atoms with Crippen LogP contribution in [-0.4, -0.2) is 57.4 Å². The highest BCUT2D eigenvalue weighted by Gasteiger charge is 2.29. The molecule has 1 fully saturated rings. The Labute approximate surface area is 122 Å². The van der Waals surface area contributed by atoms with E-state index in [0.717, 1.165) is 23.7 Å². The first kappa shape index (κ1) is 14.7. The zero-order valence-corrected chi connectivity index (χ0v) is 12.6. The van der Waals surface area contributed by atoms with Crippen LogP contribution in [0.25, 0.3) is 0 Å². The second-order valence-electron chi connectivity index (χ2n) is 4.63. The molecule has 0 aliphatic carbocycles. The normalized spacial score (nSPS) is 15.9. The average molecular weight is 297 g/mol. The molecular formula is C12H19N5O2S. The van der Waals surface area contributed by atoms with Crippen LogP contribution in [0.3, 0.4) is 0 Å². The van der Waals surface area contributed by atoms with Crippen molar-refractivity contribution in [3.05, 3.63) is 5.69 Å². The molecule has 1 aromatic rings. The average Bonchev–Trinajstić information content (AvgIpc) is 2.87. The van der Waals surface area contributed by atoms with Gasteiger partial charge in [-0.05, 0) is 13.3 Å². The van der Waals surface area contributed by atoms with Gasteiger partial charge in [0.05, 0.1) is 13.1 Å². The van der Waals surface area contributed by atoms with Gasteiger partial charge < -0.3 is 15.1 Å². The van der Waals surface area contributed by atoms with E-state index < -0.39 is 0 Å². The number of nitrogens with one attached hydrogen (secondary N) is 1. The summed E-state index contributed by atoms with van der Waals surface area (Å²) in [6.07, 6.45) is 1.00. The van der Waals surface area contributed by atoms with E-state index in [1.54, 1.807) is 9.80 Å². The van der Waals surface area contributed by atoms with E-state index in [0.29, 0.717) is 13.1 Å². The Hall–Kier alpha value is -1.70. The van der Waals surface area contributed by atoms with Crippen molar-refractivity contribution < 1.29 is 9.59 Å². The fourth-order valence-corrected chi connectivity index (χ4v) is 2.60. The van der Waals surface area contributed by atoms with Gasteiger partial charge in [0.15, 0.2) is 0 Å². The van der Waals surface area contributed by atoms with Gasteiger partial charge in [-0.3, -0.25) is 9.59 Å². The summed E-state index contributed by atoms with van der Waals surface area (Å²) in [5, 5.41) is 8.17. The van der Waals surface area contributed by atoms with E-state index >= 15 is 0 Å². The molecule has 110 valence electrons. The minimum atomic E-state index is -0.0408. The second kappa shape index (κ2) is 6.65. The Balaban J connectivity index is 2.01. The Kier molecular flexibility index (Phi) is 4.89. The SMILES string of the molecule is CCCNc1snnc1CN1CC(=O)N(CC)CC1=O. The standard InChI is InChI=1S/C12H19N5O2S/c1-3-5-13-12-9(14-15-20-12)6-17-8-10(18)16(4-2)7-11(17)19/h13H,3-8H2,1-2H3. The number of hydrogen-bond acceptors (Lipinski definition) is 6. The van der Waals surface area contributed by atoms with E-state index in [9.17, 15) is 9.59 Å². The molecule has 0 saturated carbocycles. The summed E-state index contributed by atoms with van der Waals surface area (Å²) in [6, 6.07) is 0. The van der Waals surface area contributed by atoms with Gasteiger partial charge in [-0.1, -0.05) is 11.4 Å². The lowest BCUT2D eigenvalue weighted by atomic mass is 10.2. The summed E-state index contributed by atoms with van der Waals surface area (Å²) in [5.41, 5.74) is 0.731. The first-order valence-corrected chi connectivity index (χ1v) is 7.53. The first-order chi connectivity index (χ1) is 9.65. The van der Waals surface area contributed by atoms with Crippen LogP contribution in [0, 0.1) is 0 Å². The van der Waals surface area contributed by atoms with Gasteiger partial charge in [0.2, 0.25) is 11.8 Å². The van der Waals surface area contributed by atoms with Gasteiger partial charge in [0, 0.05) is 24.6 Å². The lowest BCUT2D eigenvalue weighted by Crippen LogP contribution is -2.53. The number of likely N-dealkylation sites (N-methyl/N-ethyl adjacent to an activating group) is 1. The van der Waals surface area contributed by atoms with Gasteiger partial charge >= 0.3 is 0 Å². The molecule has 8 heteroatoms. The van der Waals surface area contributed by atoms with E-state index in [-0.39, 0.29) is 24.9 Å². The first-order valence-electron chi connectivity index (χ1n) is 6.76. The maximum atomic E-state index is 12.0. The van der Waals surface area contributed by atoms with Gasteiger partial charge in [-0.15, -0.1) is 5.10 Å². The Morgan fingerprint density at radius 1 is 1.20 bits per heavy atom. The fourth-order valence-electron chi connectivity index (χ4n) is 2.00. The van der Waals surface area contributed by atoms with Crippen LogP contribution in [0.5, 0.6) is 0 Å². The van der Waals surface area contributed by atoms with E-state index in [2.05, 4.69) is 21.8 Å². The number of nitrogens with zero attached hydrogens (tertiary/aromatic N) is 4. The number of hydrogen-bond donors (Lipinski definition) is 1. The molecule has 0 aromatic carbocycles. The summed E-state index contributed by atoms with van der Waals surface area (Å²) in [7, 11) is 0. The lowest BCUT2D eigenvalue weighted by molar-refractivity contribution is -0.150. The highest BCUT2D eigenvalue weighted by Crippen LogP contribution is 2.20. The summed E-state index contributed by atoms with van der Waals surface area (Å²) in [5.74, 6) is -0.0563. The highest BCUT2D eigenvalue weighted by molar-refractivity contribution is 7.10. The van der Waals surface area contributed by atoms with Crippen molar-refractivity contribution in [2.24, 2.45) is 0 Å². The number of rotatable bonds is 6. The van der Waals surface area contributed by atoms with Crippen LogP contribution >= 0.6 is 11.5 Å². The molecule has 1 saturated heterocycles. The Morgan fingerprint density at radius 3 is 2.60 bits per heavy atom. The molecule has 1 aromatic heterocycles. The molecule has 0 unspecified atom stereocenters. The third-order valence-corrected chi connectivity index (χ3v) is 3.90. The molecule has 2 heterocycles. The quantitative estimate of drug-likeness (QED) is 0.829. The zero-order valence-electron chi connectivity index (χ0n) is 11.8. The zero-order chi connectivity index (χ0) is 14.5. The van der Waals surface area contributed by atoms with Crippen molar-refractivity contribution in [1.29, 1.82) is 0 Å². The van der Waals surface area contributed by atoms with Crippen molar-refractivity contribution in [3.63, 3.8) is 0 Å². The van der Waals surface area contributed by atoms with Crippen molar-refractivity contribution in [2.75, 3.05) is 31.5 Å². The number of amides is 2. The van der Waals surface area contributed by atoms with Crippen LogP contribution in [0.1, 0.15) is 26.0 Å². The number of aromatic nitrogens is 2. The van der Waals surface area contributed by atoms with Gasteiger partial charge in [0.1, 0.15) is 17.2 Å². The van der Waals surface area contributed by atoms with Crippen molar-refractivity contribution >= 4 is 28.3 Å². The van der Waals surface area contributed by atoms with Crippen LogP contribution < -0.4 is 5.32 Å².